The second-order valence-electron chi connectivity index (χ2n) is 4.57. The van der Waals surface area contributed by atoms with Gasteiger partial charge in [0.15, 0.2) is 0 Å². The lowest BCUT2D eigenvalue weighted by molar-refractivity contribution is 0.461. The van der Waals surface area contributed by atoms with Crippen molar-refractivity contribution < 1.29 is 4.39 Å². The second kappa shape index (κ2) is 4.43. The summed E-state index contributed by atoms with van der Waals surface area (Å²) in [5.74, 6) is -0.451. The molecule has 0 radical (unpaired) electrons. The highest BCUT2D eigenvalue weighted by atomic mass is 19.1. The van der Waals surface area contributed by atoms with Gasteiger partial charge in [0.1, 0.15) is 0 Å². The number of nitrogens with zero attached hydrogens (tertiary/aromatic N) is 1. The summed E-state index contributed by atoms with van der Waals surface area (Å²) in [6.45, 7) is 10.8. The molecule has 0 bridgehead atoms. The van der Waals surface area contributed by atoms with Crippen molar-refractivity contribution >= 4 is 0 Å². The molecular weight excluding hydrogens is 191 g/mol. The van der Waals surface area contributed by atoms with Crippen molar-refractivity contribution in [2.45, 2.75) is 27.3 Å². The van der Waals surface area contributed by atoms with Gasteiger partial charge in [0.05, 0.1) is 0 Å². The number of hydrogen-bond donors (Lipinski definition) is 1. The lowest BCUT2D eigenvalue weighted by Gasteiger charge is -2.23. The monoisotopic (exact) mass is 208 g/mol. The smallest absolute Gasteiger partial charge is 0.212 e. The molecule has 0 saturated heterocycles. The highest BCUT2D eigenvalue weighted by Gasteiger charge is 2.13. The van der Waals surface area contributed by atoms with E-state index in [1.807, 2.05) is 0 Å². The first-order valence-electron chi connectivity index (χ1n) is 4.93. The average Bonchev–Trinajstić information content (AvgIpc) is 2.15. The van der Waals surface area contributed by atoms with Crippen LogP contribution in [-0.2, 0) is 6.54 Å². The molecule has 1 aromatic rings. The minimum absolute atomic E-state index is 0.0352. The van der Waals surface area contributed by atoms with Gasteiger partial charge in [-0.3, -0.25) is 0 Å². The predicted molar refractivity (Wildman–Crippen MR) is 59.6 cm³/mol. The maximum atomic E-state index is 12.5. The van der Waals surface area contributed by atoms with Crippen molar-refractivity contribution in [3.63, 3.8) is 0 Å². The van der Waals surface area contributed by atoms with E-state index in [1.165, 1.54) is 12.3 Å². The number of pyridine rings is 1. The number of nitrogens with one attached hydrogen (secondary N) is 1. The van der Waals surface area contributed by atoms with Crippen LogP contribution in [0, 0.1) is 11.4 Å². The number of halogens is 1. The summed E-state index contributed by atoms with van der Waals surface area (Å²) in [6.07, 6.45) is 1.53. The number of rotatable bonds is 3. The van der Waals surface area contributed by atoms with Crippen molar-refractivity contribution in [3.05, 3.63) is 42.1 Å². The van der Waals surface area contributed by atoms with Crippen molar-refractivity contribution in [2.24, 2.45) is 5.41 Å². The van der Waals surface area contributed by atoms with E-state index in [2.05, 4.69) is 37.7 Å². The third-order valence-corrected chi connectivity index (χ3v) is 2.20. The van der Waals surface area contributed by atoms with Crippen LogP contribution in [0.15, 0.2) is 30.6 Å². The molecule has 1 N–H and O–H groups in total. The molecule has 0 spiro atoms. The quantitative estimate of drug-likeness (QED) is 0.772. The number of aromatic nitrogens is 1. The molecule has 3 heteroatoms. The van der Waals surface area contributed by atoms with Gasteiger partial charge < -0.3 is 5.32 Å². The summed E-state index contributed by atoms with van der Waals surface area (Å²) in [5, 5.41) is 3.20. The van der Waals surface area contributed by atoms with Gasteiger partial charge in [-0.25, -0.2) is 4.98 Å². The molecule has 15 heavy (non-hydrogen) atoms. The first-order chi connectivity index (χ1) is 6.89. The summed E-state index contributed by atoms with van der Waals surface area (Å²) >= 11 is 0. The molecule has 1 aromatic heterocycles. The zero-order valence-corrected chi connectivity index (χ0v) is 9.47. The molecule has 0 atom stereocenters. The summed E-state index contributed by atoms with van der Waals surface area (Å²) in [5.41, 5.74) is 1.95. The predicted octanol–water partition coefficient (Wildman–Crippen LogP) is 2.87. The van der Waals surface area contributed by atoms with Crippen LogP contribution in [0.5, 0.6) is 0 Å². The highest BCUT2D eigenvalue weighted by molar-refractivity contribution is 5.12. The molecule has 0 fully saturated rings. The minimum Gasteiger partial charge on any atom is -0.384 e. The molecular formula is C12H17FN2. The van der Waals surface area contributed by atoms with E-state index in [9.17, 15) is 4.39 Å². The number of hydrogen-bond acceptors (Lipinski definition) is 2. The van der Waals surface area contributed by atoms with Crippen molar-refractivity contribution in [2.75, 3.05) is 0 Å². The van der Waals surface area contributed by atoms with Gasteiger partial charge in [-0.1, -0.05) is 33.4 Å². The fraction of sp³-hybridized carbons (Fsp3) is 0.417. The Kier molecular flexibility index (Phi) is 3.45. The van der Waals surface area contributed by atoms with Crippen LogP contribution < -0.4 is 5.32 Å². The van der Waals surface area contributed by atoms with Crippen LogP contribution in [0.2, 0.25) is 0 Å². The van der Waals surface area contributed by atoms with Crippen LogP contribution >= 0.6 is 0 Å². The van der Waals surface area contributed by atoms with Gasteiger partial charge in [-0.15, -0.1) is 0 Å². The normalized spacial score (nSPS) is 11.2. The van der Waals surface area contributed by atoms with Crippen LogP contribution in [0.25, 0.3) is 0 Å². The number of allylic oxidation sites excluding steroid dienone is 1. The molecule has 0 aliphatic rings. The molecule has 1 rings (SSSR count). The van der Waals surface area contributed by atoms with Gasteiger partial charge in [-0.2, -0.15) is 4.39 Å². The molecule has 0 amide bonds. The molecule has 1 heterocycles. The zero-order valence-electron chi connectivity index (χ0n) is 9.47. The van der Waals surface area contributed by atoms with Crippen LogP contribution in [0.3, 0.4) is 0 Å². The Morgan fingerprint density at radius 2 is 2.13 bits per heavy atom. The highest BCUT2D eigenvalue weighted by Crippen LogP contribution is 2.21. The first-order valence-corrected chi connectivity index (χ1v) is 4.93. The summed E-state index contributed by atoms with van der Waals surface area (Å²) in [4.78, 5) is 3.58. The Hall–Kier alpha value is -1.38. The van der Waals surface area contributed by atoms with Crippen molar-refractivity contribution in [3.8, 4) is 0 Å². The Bertz CT molecular complexity index is 336. The Labute approximate surface area is 90.2 Å². The largest absolute Gasteiger partial charge is 0.384 e. The first kappa shape index (κ1) is 11.7. The van der Waals surface area contributed by atoms with Crippen molar-refractivity contribution in [1.82, 2.24) is 10.3 Å². The van der Waals surface area contributed by atoms with E-state index in [0.717, 1.165) is 11.3 Å². The summed E-state index contributed by atoms with van der Waals surface area (Å²) in [7, 11) is 0. The second-order valence-corrected chi connectivity index (χ2v) is 4.57. The van der Waals surface area contributed by atoms with Gasteiger partial charge in [0, 0.05) is 23.9 Å². The summed E-state index contributed by atoms with van der Waals surface area (Å²) in [6, 6.07) is 3.07. The van der Waals surface area contributed by atoms with Gasteiger partial charge >= 0.3 is 0 Å². The van der Waals surface area contributed by atoms with E-state index in [-0.39, 0.29) is 5.41 Å². The Morgan fingerprint density at radius 1 is 1.47 bits per heavy atom. The van der Waals surface area contributed by atoms with Gasteiger partial charge in [-0.05, 0) is 11.6 Å². The Balaban J connectivity index is 2.51. The van der Waals surface area contributed by atoms with Gasteiger partial charge in [0.25, 0.3) is 0 Å². The summed E-state index contributed by atoms with van der Waals surface area (Å²) < 4.78 is 12.5. The lowest BCUT2D eigenvalue weighted by atomic mass is 9.93. The molecule has 82 valence electrons. The van der Waals surface area contributed by atoms with Crippen LogP contribution in [0.1, 0.15) is 26.3 Å². The fourth-order valence-corrected chi connectivity index (χ4v) is 0.985. The van der Waals surface area contributed by atoms with E-state index in [4.69, 9.17) is 0 Å². The maximum absolute atomic E-state index is 12.5. The molecule has 0 aromatic carbocycles. The van der Waals surface area contributed by atoms with Crippen LogP contribution in [-0.4, -0.2) is 4.98 Å². The standard InChI is InChI=1S/C12H17FN2/c1-9(12(2,3)4)14-7-10-5-6-11(13)15-8-10/h5-6,8,14H,1,7H2,2-4H3. The fourth-order valence-electron chi connectivity index (χ4n) is 0.985. The van der Waals surface area contributed by atoms with E-state index in [0.29, 0.717) is 6.54 Å². The maximum Gasteiger partial charge on any atom is 0.212 e. The Morgan fingerprint density at radius 3 is 2.60 bits per heavy atom. The average molecular weight is 208 g/mol. The molecule has 0 aliphatic heterocycles. The minimum atomic E-state index is -0.451. The molecule has 2 nitrogen and oxygen atoms in total. The lowest BCUT2D eigenvalue weighted by Crippen LogP contribution is -2.23. The molecule has 0 aliphatic carbocycles. The topological polar surface area (TPSA) is 24.9 Å². The van der Waals surface area contributed by atoms with Gasteiger partial charge in [0.2, 0.25) is 5.95 Å². The van der Waals surface area contributed by atoms with Crippen LogP contribution in [0.4, 0.5) is 4.39 Å². The third-order valence-electron chi connectivity index (χ3n) is 2.20. The van der Waals surface area contributed by atoms with Crippen molar-refractivity contribution in [1.29, 1.82) is 0 Å². The molecule has 0 unspecified atom stereocenters. The molecule has 0 saturated carbocycles. The van der Waals surface area contributed by atoms with E-state index in [1.54, 1.807) is 6.07 Å². The third kappa shape index (κ3) is 3.70. The SMILES string of the molecule is C=C(NCc1ccc(F)nc1)C(C)(C)C. The van der Waals surface area contributed by atoms with E-state index < -0.39 is 5.95 Å². The van der Waals surface area contributed by atoms with E-state index >= 15 is 0 Å². The zero-order chi connectivity index (χ0) is 11.5.